The normalized spacial score (nSPS) is 16.2. The largest absolute Gasteiger partial charge is 0.420 e. The summed E-state index contributed by atoms with van der Waals surface area (Å²) in [5.41, 5.74) is -1.33. The van der Waals surface area contributed by atoms with Crippen LogP contribution in [-0.2, 0) is 19.3 Å². The van der Waals surface area contributed by atoms with Gasteiger partial charge in [-0.1, -0.05) is 0 Å². The molecule has 2 heterocycles. The molecule has 0 fully saturated rings. The molecule has 0 unspecified atom stereocenters. The van der Waals surface area contributed by atoms with Gasteiger partial charge >= 0.3 is 6.18 Å². The Bertz CT molecular complexity index is 548. The van der Waals surface area contributed by atoms with Gasteiger partial charge in [0.15, 0.2) is 5.69 Å². The molecule has 1 aliphatic heterocycles. The van der Waals surface area contributed by atoms with E-state index in [4.69, 9.17) is 0 Å². The molecule has 8 heteroatoms. The molecular weight excluding hydrogens is 285 g/mol. The number of rotatable bonds is 2. The zero-order valence-electron chi connectivity index (χ0n) is 12.5. The lowest BCUT2D eigenvalue weighted by atomic mass is 10.1. The van der Waals surface area contributed by atoms with Crippen LogP contribution >= 0.6 is 0 Å². The number of carbonyl (C=O) groups excluding carboxylic acids is 1. The first-order chi connectivity index (χ1) is 9.62. The maximum atomic E-state index is 13.4. The molecule has 118 valence electrons. The zero-order chi connectivity index (χ0) is 15.9. The number of aromatic nitrogens is 2. The van der Waals surface area contributed by atoms with Crippen LogP contribution in [0, 0.1) is 0 Å². The molecule has 1 amide bonds. The van der Waals surface area contributed by atoms with Gasteiger partial charge in [0.2, 0.25) is 0 Å². The first-order valence-corrected chi connectivity index (χ1v) is 6.75. The molecule has 0 aromatic carbocycles. The standard InChI is InChI=1S/C13H19F3N4O/c1-8(2)19-5-6-20-9(7-19)10(13(14,15)16)11(17-20)12(21)18(3)4/h8H,5-7H2,1-4H3. The SMILES string of the molecule is CC(C)N1CCn2nc(C(=O)N(C)C)c(C(F)(F)F)c2C1. The number of halogens is 3. The third kappa shape index (κ3) is 2.90. The minimum atomic E-state index is -4.59. The molecule has 0 saturated carbocycles. The first kappa shape index (κ1) is 15.8. The van der Waals surface area contributed by atoms with E-state index in [-0.39, 0.29) is 18.3 Å². The first-order valence-electron chi connectivity index (χ1n) is 6.75. The Kier molecular flexibility index (Phi) is 4.01. The lowest BCUT2D eigenvalue weighted by Crippen LogP contribution is -2.39. The molecule has 2 rings (SSSR count). The van der Waals surface area contributed by atoms with Gasteiger partial charge in [0, 0.05) is 33.2 Å². The van der Waals surface area contributed by atoms with Crippen molar-refractivity contribution in [3.8, 4) is 0 Å². The van der Waals surface area contributed by atoms with E-state index in [1.807, 2.05) is 18.7 Å². The summed E-state index contributed by atoms with van der Waals surface area (Å²) in [5, 5.41) is 3.91. The molecule has 0 radical (unpaired) electrons. The van der Waals surface area contributed by atoms with E-state index in [9.17, 15) is 18.0 Å². The van der Waals surface area contributed by atoms with E-state index in [0.717, 1.165) is 4.90 Å². The molecule has 21 heavy (non-hydrogen) atoms. The molecule has 0 spiro atoms. The molecular formula is C13H19F3N4O. The van der Waals surface area contributed by atoms with Crippen LogP contribution in [0.15, 0.2) is 0 Å². The highest BCUT2D eigenvalue weighted by Crippen LogP contribution is 2.36. The summed E-state index contributed by atoms with van der Waals surface area (Å²) in [7, 11) is 2.84. The van der Waals surface area contributed by atoms with Crippen molar-refractivity contribution in [3.05, 3.63) is 17.0 Å². The monoisotopic (exact) mass is 304 g/mol. The highest BCUT2D eigenvalue weighted by molar-refractivity contribution is 5.93. The van der Waals surface area contributed by atoms with E-state index < -0.39 is 23.3 Å². The molecule has 1 aliphatic rings. The van der Waals surface area contributed by atoms with Crippen LogP contribution < -0.4 is 0 Å². The average molecular weight is 304 g/mol. The van der Waals surface area contributed by atoms with E-state index in [1.165, 1.54) is 18.8 Å². The fourth-order valence-electron chi connectivity index (χ4n) is 2.44. The molecule has 5 nitrogen and oxygen atoms in total. The summed E-state index contributed by atoms with van der Waals surface area (Å²) in [6.45, 7) is 5.01. The summed E-state index contributed by atoms with van der Waals surface area (Å²) < 4.78 is 41.5. The average Bonchev–Trinajstić information content (AvgIpc) is 2.75. The van der Waals surface area contributed by atoms with Crippen LogP contribution in [0.3, 0.4) is 0 Å². The lowest BCUT2D eigenvalue weighted by Gasteiger charge is -2.31. The minimum absolute atomic E-state index is 0.0765. The fourth-order valence-corrected chi connectivity index (χ4v) is 2.44. The maximum absolute atomic E-state index is 13.4. The van der Waals surface area contributed by atoms with E-state index in [1.54, 1.807) is 0 Å². The smallest absolute Gasteiger partial charge is 0.343 e. The van der Waals surface area contributed by atoms with Crippen LogP contribution in [0.4, 0.5) is 13.2 Å². The third-order valence-electron chi connectivity index (χ3n) is 3.63. The van der Waals surface area contributed by atoms with Crippen LogP contribution in [0.1, 0.15) is 35.6 Å². The predicted octanol–water partition coefficient (Wildman–Crippen LogP) is 1.83. The van der Waals surface area contributed by atoms with Crippen molar-refractivity contribution in [3.63, 3.8) is 0 Å². The summed E-state index contributed by atoms with van der Waals surface area (Å²) in [4.78, 5) is 15.0. The lowest BCUT2D eigenvalue weighted by molar-refractivity contribution is -0.139. The number of hydrogen-bond donors (Lipinski definition) is 0. The van der Waals surface area contributed by atoms with Crippen LogP contribution in [0.2, 0.25) is 0 Å². The summed E-state index contributed by atoms with van der Waals surface area (Å²) in [6.07, 6.45) is -4.59. The number of nitrogens with zero attached hydrogens (tertiary/aromatic N) is 4. The zero-order valence-corrected chi connectivity index (χ0v) is 12.5. The van der Waals surface area contributed by atoms with Gasteiger partial charge in [-0.3, -0.25) is 14.4 Å². The van der Waals surface area contributed by atoms with Gasteiger partial charge in [0.1, 0.15) is 5.56 Å². The third-order valence-corrected chi connectivity index (χ3v) is 3.63. The van der Waals surface area contributed by atoms with Crippen molar-refractivity contribution in [2.45, 2.75) is 39.2 Å². The van der Waals surface area contributed by atoms with Crippen molar-refractivity contribution < 1.29 is 18.0 Å². The van der Waals surface area contributed by atoms with E-state index in [2.05, 4.69) is 5.10 Å². The van der Waals surface area contributed by atoms with E-state index in [0.29, 0.717) is 13.1 Å². The molecule has 0 saturated heterocycles. The van der Waals surface area contributed by atoms with Crippen LogP contribution in [0.25, 0.3) is 0 Å². The highest BCUT2D eigenvalue weighted by Gasteiger charge is 2.43. The van der Waals surface area contributed by atoms with E-state index >= 15 is 0 Å². The number of fused-ring (bicyclic) bond motifs is 1. The Morgan fingerprint density at radius 2 is 1.90 bits per heavy atom. The van der Waals surface area contributed by atoms with Crippen LogP contribution in [-0.4, -0.2) is 52.2 Å². The molecule has 0 aliphatic carbocycles. The number of alkyl halides is 3. The Morgan fingerprint density at radius 1 is 1.29 bits per heavy atom. The van der Waals surface area contributed by atoms with Crippen molar-refractivity contribution in [2.24, 2.45) is 0 Å². The minimum Gasteiger partial charge on any atom is -0.343 e. The maximum Gasteiger partial charge on any atom is 0.420 e. The second-order valence-electron chi connectivity index (χ2n) is 5.66. The number of amides is 1. The van der Waals surface area contributed by atoms with Gasteiger partial charge in [-0.05, 0) is 13.8 Å². The summed E-state index contributed by atoms with van der Waals surface area (Å²) in [5.74, 6) is -0.722. The van der Waals surface area contributed by atoms with Crippen molar-refractivity contribution in [2.75, 3.05) is 20.6 Å². The topological polar surface area (TPSA) is 41.4 Å². The Labute approximate surface area is 121 Å². The highest BCUT2D eigenvalue weighted by atomic mass is 19.4. The second-order valence-corrected chi connectivity index (χ2v) is 5.66. The van der Waals surface area contributed by atoms with Gasteiger partial charge in [0.25, 0.3) is 5.91 Å². The van der Waals surface area contributed by atoms with Crippen LogP contribution in [0.5, 0.6) is 0 Å². The molecule has 0 atom stereocenters. The summed E-state index contributed by atoms with van der Waals surface area (Å²) in [6, 6.07) is 0.141. The second kappa shape index (κ2) is 5.32. The molecule has 0 N–H and O–H groups in total. The molecule has 0 bridgehead atoms. The van der Waals surface area contributed by atoms with Crippen molar-refractivity contribution in [1.29, 1.82) is 0 Å². The Hall–Kier alpha value is -1.57. The fraction of sp³-hybridized carbons (Fsp3) is 0.692. The van der Waals surface area contributed by atoms with Gasteiger partial charge in [0.05, 0.1) is 12.2 Å². The number of hydrogen-bond acceptors (Lipinski definition) is 3. The van der Waals surface area contributed by atoms with Crippen molar-refractivity contribution >= 4 is 5.91 Å². The number of carbonyl (C=O) groups is 1. The van der Waals surface area contributed by atoms with Gasteiger partial charge < -0.3 is 4.90 Å². The van der Waals surface area contributed by atoms with Crippen molar-refractivity contribution in [1.82, 2.24) is 19.6 Å². The predicted molar refractivity (Wildman–Crippen MR) is 70.8 cm³/mol. The summed E-state index contributed by atoms with van der Waals surface area (Å²) >= 11 is 0. The van der Waals surface area contributed by atoms with Gasteiger partial charge in [-0.25, -0.2) is 0 Å². The molecule has 1 aromatic rings. The van der Waals surface area contributed by atoms with Gasteiger partial charge in [-0.2, -0.15) is 18.3 Å². The molecule has 1 aromatic heterocycles. The van der Waals surface area contributed by atoms with Gasteiger partial charge in [-0.15, -0.1) is 0 Å². The Morgan fingerprint density at radius 3 is 2.38 bits per heavy atom. The quantitative estimate of drug-likeness (QED) is 0.837. The Balaban J connectivity index is 2.54.